The predicted molar refractivity (Wildman–Crippen MR) is 87.8 cm³/mol. The van der Waals surface area contributed by atoms with Gasteiger partial charge in [-0.15, -0.1) is 0 Å². The van der Waals surface area contributed by atoms with Crippen molar-refractivity contribution in [3.05, 3.63) is 65.8 Å². The fourth-order valence-electron chi connectivity index (χ4n) is 2.49. The van der Waals surface area contributed by atoms with Gasteiger partial charge in [-0.2, -0.15) is 0 Å². The minimum Gasteiger partial charge on any atom is -0.401 e. The van der Waals surface area contributed by atoms with Crippen LogP contribution in [-0.2, 0) is 0 Å². The van der Waals surface area contributed by atoms with Crippen LogP contribution in [-0.4, -0.2) is 5.71 Å². The number of hydrogen-bond donors (Lipinski definition) is 1. The monoisotopic (exact) mass is 284 g/mol. The number of nitrogens with zero attached hydrogens (tertiary/aromatic N) is 1. The van der Waals surface area contributed by atoms with Crippen molar-refractivity contribution in [3.8, 4) is 0 Å². The fraction of sp³-hybridized carbons (Fsp3) is 0.278. The van der Waals surface area contributed by atoms with Crippen LogP contribution >= 0.6 is 0 Å². The third-order valence-electron chi connectivity index (χ3n) is 3.84. The summed E-state index contributed by atoms with van der Waals surface area (Å²) in [4.78, 5) is 4.19. The minimum atomic E-state index is -0.281. The summed E-state index contributed by atoms with van der Waals surface area (Å²) in [6.07, 6.45) is 8.09. The highest BCUT2D eigenvalue weighted by molar-refractivity contribution is 6.09. The van der Waals surface area contributed by atoms with Gasteiger partial charge in [-0.25, -0.2) is 4.39 Å². The molecule has 2 rings (SSSR count). The molecule has 1 aromatic carbocycles. The number of aliphatic imine (C=N–C) groups is 1. The van der Waals surface area contributed by atoms with Crippen LogP contribution in [0, 0.1) is 5.82 Å². The molecule has 0 aliphatic heterocycles. The molecule has 0 bridgehead atoms. The zero-order valence-corrected chi connectivity index (χ0v) is 12.4. The Balaban J connectivity index is 2.50. The summed E-state index contributed by atoms with van der Waals surface area (Å²) < 4.78 is 14.8. The Kier molecular flexibility index (Phi) is 4.73. The molecule has 0 amide bonds. The second kappa shape index (κ2) is 6.53. The van der Waals surface area contributed by atoms with Gasteiger partial charge in [0.15, 0.2) is 0 Å². The molecule has 1 aliphatic carbocycles. The quantitative estimate of drug-likeness (QED) is 0.792. The highest BCUT2D eigenvalue weighted by Gasteiger charge is 2.24. The molecule has 2 nitrogen and oxygen atoms in total. The van der Waals surface area contributed by atoms with Gasteiger partial charge < -0.3 is 5.73 Å². The largest absolute Gasteiger partial charge is 0.401 e. The maximum atomic E-state index is 14.8. The van der Waals surface area contributed by atoms with E-state index in [0.29, 0.717) is 28.5 Å². The molecule has 3 heteroatoms. The van der Waals surface area contributed by atoms with Crippen LogP contribution in [0.4, 0.5) is 4.39 Å². The number of rotatable bonds is 5. The van der Waals surface area contributed by atoms with Gasteiger partial charge in [-0.1, -0.05) is 31.7 Å². The first kappa shape index (κ1) is 15.2. The van der Waals surface area contributed by atoms with E-state index in [1.54, 1.807) is 19.1 Å². The van der Waals surface area contributed by atoms with Crippen molar-refractivity contribution in [2.45, 2.75) is 32.1 Å². The minimum absolute atomic E-state index is 0.281. The Morgan fingerprint density at radius 2 is 2.10 bits per heavy atom. The molecule has 1 aromatic rings. The Morgan fingerprint density at radius 1 is 1.38 bits per heavy atom. The van der Waals surface area contributed by atoms with Gasteiger partial charge in [0.2, 0.25) is 0 Å². The van der Waals surface area contributed by atoms with Gasteiger partial charge >= 0.3 is 0 Å². The van der Waals surface area contributed by atoms with Crippen molar-refractivity contribution in [1.82, 2.24) is 0 Å². The summed E-state index contributed by atoms with van der Waals surface area (Å²) in [5.74, 6) is 0.174. The highest BCUT2D eigenvalue weighted by Crippen LogP contribution is 2.39. The van der Waals surface area contributed by atoms with Crippen molar-refractivity contribution >= 4 is 11.8 Å². The van der Waals surface area contributed by atoms with Gasteiger partial charge in [0, 0.05) is 23.0 Å². The van der Waals surface area contributed by atoms with Crippen molar-refractivity contribution in [2.24, 2.45) is 10.7 Å². The molecule has 1 fully saturated rings. The number of halogens is 1. The van der Waals surface area contributed by atoms with Gasteiger partial charge in [0.05, 0.1) is 5.71 Å². The van der Waals surface area contributed by atoms with E-state index in [0.717, 1.165) is 18.4 Å². The zero-order chi connectivity index (χ0) is 15.4. The predicted octanol–water partition coefficient (Wildman–Crippen LogP) is 4.53. The van der Waals surface area contributed by atoms with Crippen LogP contribution in [0.3, 0.4) is 0 Å². The molecule has 21 heavy (non-hydrogen) atoms. The molecule has 0 saturated heterocycles. The summed E-state index contributed by atoms with van der Waals surface area (Å²) in [5.41, 5.74) is 8.66. The summed E-state index contributed by atoms with van der Waals surface area (Å²) in [6.45, 7) is 9.19. The average molecular weight is 284 g/mol. The fourth-order valence-corrected chi connectivity index (χ4v) is 2.49. The van der Waals surface area contributed by atoms with E-state index in [9.17, 15) is 4.39 Å². The Bertz CT molecular complexity index is 618. The zero-order valence-electron chi connectivity index (χ0n) is 12.4. The molecular formula is C18H21FN2. The first-order valence-electron chi connectivity index (χ1n) is 7.16. The molecule has 110 valence electrons. The van der Waals surface area contributed by atoms with Gasteiger partial charge in [-0.05, 0) is 43.4 Å². The first-order valence-corrected chi connectivity index (χ1v) is 7.16. The molecule has 2 N–H and O–H groups in total. The maximum Gasteiger partial charge on any atom is 0.140 e. The Labute approximate surface area is 125 Å². The molecule has 0 radical (unpaired) electrons. The van der Waals surface area contributed by atoms with Gasteiger partial charge in [0.1, 0.15) is 5.82 Å². The topological polar surface area (TPSA) is 38.4 Å². The summed E-state index contributed by atoms with van der Waals surface area (Å²) >= 11 is 0. The smallest absolute Gasteiger partial charge is 0.140 e. The van der Waals surface area contributed by atoms with Crippen LogP contribution in [0.15, 0.2) is 48.3 Å². The van der Waals surface area contributed by atoms with Crippen molar-refractivity contribution in [2.75, 3.05) is 0 Å². The maximum absolute atomic E-state index is 14.8. The van der Waals surface area contributed by atoms with Crippen LogP contribution < -0.4 is 5.73 Å². The molecule has 1 aliphatic rings. The lowest BCUT2D eigenvalue weighted by atomic mass is 9.77. The van der Waals surface area contributed by atoms with Crippen molar-refractivity contribution in [1.29, 1.82) is 0 Å². The summed E-state index contributed by atoms with van der Waals surface area (Å²) in [5, 5.41) is 0. The van der Waals surface area contributed by atoms with Crippen LogP contribution in [0.2, 0.25) is 0 Å². The Morgan fingerprint density at radius 3 is 2.57 bits per heavy atom. The normalized spacial score (nSPS) is 16.5. The molecule has 1 saturated carbocycles. The highest BCUT2D eigenvalue weighted by atomic mass is 19.1. The molecule has 0 unspecified atom stereocenters. The van der Waals surface area contributed by atoms with Crippen molar-refractivity contribution in [3.63, 3.8) is 0 Å². The van der Waals surface area contributed by atoms with E-state index in [-0.39, 0.29) is 5.82 Å². The van der Waals surface area contributed by atoms with E-state index in [2.05, 4.69) is 18.2 Å². The third kappa shape index (κ3) is 3.13. The lowest BCUT2D eigenvalue weighted by molar-refractivity contribution is 0.417. The standard InChI is InChI=1S/C18H21FN2/c1-4-14-15(13-7-6-8-13)9-10-16(18(14)19)17(5-2)21-11-12(3)20/h4-5,9-11,13H,1-2,6-8,20H2,3H3/b12-11+,21-17+. The molecule has 0 atom stereocenters. The van der Waals surface area contributed by atoms with E-state index in [1.165, 1.54) is 18.7 Å². The average Bonchev–Trinajstić information content (AvgIpc) is 2.39. The lowest BCUT2D eigenvalue weighted by Gasteiger charge is -2.28. The van der Waals surface area contributed by atoms with E-state index < -0.39 is 0 Å². The van der Waals surface area contributed by atoms with Crippen LogP contribution in [0.1, 0.15) is 48.8 Å². The number of hydrogen-bond acceptors (Lipinski definition) is 2. The van der Waals surface area contributed by atoms with E-state index in [1.807, 2.05) is 6.07 Å². The lowest BCUT2D eigenvalue weighted by Crippen LogP contribution is -2.13. The number of allylic oxidation sites excluding steroid dienone is 2. The summed E-state index contributed by atoms with van der Waals surface area (Å²) in [7, 11) is 0. The van der Waals surface area contributed by atoms with Crippen LogP contribution in [0.5, 0.6) is 0 Å². The van der Waals surface area contributed by atoms with E-state index >= 15 is 0 Å². The van der Waals surface area contributed by atoms with E-state index in [4.69, 9.17) is 5.73 Å². The first-order chi connectivity index (χ1) is 10.1. The van der Waals surface area contributed by atoms with Crippen molar-refractivity contribution < 1.29 is 4.39 Å². The van der Waals surface area contributed by atoms with Crippen LogP contribution in [0.25, 0.3) is 6.08 Å². The van der Waals surface area contributed by atoms with Gasteiger partial charge in [0.25, 0.3) is 0 Å². The number of benzene rings is 1. The SMILES string of the molecule is C=C/C(=N\C=C(/C)N)c1ccc(C2CCC2)c(C=C)c1F. The molecule has 0 aromatic heterocycles. The molecule has 0 heterocycles. The second-order valence-electron chi connectivity index (χ2n) is 5.35. The van der Waals surface area contributed by atoms with Gasteiger partial charge in [-0.3, -0.25) is 4.99 Å². The molecule has 0 spiro atoms. The number of nitrogens with two attached hydrogens (primary N) is 1. The summed E-state index contributed by atoms with van der Waals surface area (Å²) in [6, 6.07) is 3.76. The third-order valence-corrected chi connectivity index (χ3v) is 3.84. The molecular weight excluding hydrogens is 263 g/mol. The Hall–Kier alpha value is -2.16. The second-order valence-corrected chi connectivity index (χ2v) is 5.35.